The summed E-state index contributed by atoms with van der Waals surface area (Å²) in [6, 6.07) is 7.21. The maximum absolute atomic E-state index is 11.8. The molecule has 0 radical (unpaired) electrons. The van der Waals surface area contributed by atoms with Crippen LogP contribution in [-0.2, 0) is 21.3 Å². The number of carbonyl (C=O) groups is 2. The lowest BCUT2D eigenvalue weighted by molar-refractivity contribution is -0.115. The van der Waals surface area contributed by atoms with Gasteiger partial charge in [-0.25, -0.2) is 4.79 Å². The average molecular weight is 297 g/mol. The smallest absolute Gasteiger partial charge is 0.346 e. The molecule has 100 valence electrons. The number of thiophene rings is 1. The number of rotatable bonds is 5. The number of hydrogen-bond donors (Lipinski definition) is 2. The Balaban J connectivity index is 2.45. The zero-order chi connectivity index (χ0) is 14.0. The molecule has 0 aliphatic carbocycles. The Labute approximate surface area is 115 Å². The minimum Gasteiger partial charge on any atom is -0.477 e. The first kappa shape index (κ1) is 13.7. The van der Waals surface area contributed by atoms with Crippen molar-refractivity contribution in [1.29, 1.82) is 0 Å². The molecule has 5 nitrogen and oxygen atoms in total. The lowest BCUT2D eigenvalue weighted by atomic mass is 10.1. The van der Waals surface area contributed by atoms with Crippen LogP contribution in [0, 0.1) is 0 Å². The molecule has 1 aromatic carbocycles. The zero-order valence-electron chi connectivity index (χ0n) is 9.79. The third-order valence-electron chi connectivity index (χ3n) is 2.50. The summed E-state index contributed by atoms with van der Waals surface area (Å²) >= 11 is 1.14. The van der Waals surface area contributed by atoms with Crippen LogP contribution in [0.5, 0.6) is 0 Å². The van der Waals surface area contributed by atoms with Crippen molar-refractivity contribution in [3.05, 3.63) is 34.7 Å². The number of amides is 1. The molecule has 1 heterocycles. The van der Waals surface area contributed by atoms with E-state index in [1.54, 1.807) is 12.1 Å². The van der Waals surface area contributed by atoms with E-state index in [0.29, 0.717) is 5.56 Å². The maximum Gasteiger partial charge on any atom is 0.346 e. The van der Waals surface area contributed by atoms with E-state index in [0.717, 1.165) is 21.4 Å². The van der Waals surface area contributed by atoms with Crippen LogP contribution in [0.15, 0.2) is 24.3 Å². The van der Waals surface area contributed by atoms with Crippen molar-refractivity contribution in [2.75, 3.05) is 5.75 Å². The summed E-state index contributed by atoms with van der Waals surface area (Å²) in [5.41, 5.74) is 5.49. The monoisotopic (exact) mass is 297 g/mol. The third kappa shape index (κ3) is 2.99. The van der Waals surface area contributed by atoms with E-state index in [-0.39, 0.29) is 16.4 Å². The SMILES string of the molecule is NC(=O)CS(=O)Cc1c(C(=O)O)sc2ccccc12. The van der Waals surface area contributed by atoms with Crippen molar-refractivity contribution in [1.82, 2.24) is 0 Å². The second-order valence-electron chi connectivity index (χ2n) is 3.91. The minimum absolute atomic E-state index is 0.0224. The predicted octanol–water partition coefficient (Wildman–Crippen LogP) is 1.33. The highest BCUT2D eigenvalue weighted by atomic mass is 32.2. The first-order chi connectivity index (χ1) is 8.99. The molecule has 2 rings (SSSR count). The molecular formula is C12H11NO4S2. The molecule has 0 fully saturated rings. The molecule has 0 saturated heterocycles. The van der Waals surface area contributed by atoms with Crippen molar-refractivity contribution in [3.8, 4) is 0 Å². The highest BCUT2D eigenvalue weighted by molar-refractivity contribution is 7.85. The van der Waals surface area contributed by atoms with E-state index in [9.17, 15) is 18.9 Å². The van der Waals surface area contributed by atoms with Gasteiger partial charge in [-0.2, -0.15) is 0 Å². The number of primary amides is 1. The van der Waals surface area contributed by atoms with Gasteiger partial charge in [-0.3, -0.25) is 9.00 Å². The first-order valence-electron chi connectivity index (χ1n) is 5.36. The van der Waals surface area contributed by atoms with E-state index < -0.39 is 22.7 Å². The fourth-order valence-electron chi connectivity index (χ4n) is 1.79. The lowest BCUT2D eigenvalue weighted by Gasteiger charge is -2.01. The quantitative estimate of drug-likeness (QED) is 0.870. The summed E-state index contributed by atoms with van der Waals surface area (Å²) in [6.07, 6.45) is 0. The molecule has 0 spiro atoms. The predicted molar refractivity (Wildman–Crippen MR) is 74.7 cm³/mol. The summed E-state index contributed by atoms with van der Waals surface area (Å²) in [5, 5.41) is 9.95. The Hall–Kier alpha value is -1.73. The van der Waals surface area contributed by atoms with Crippen LogP contribution < -0.4 is 5.73 Å². The molecule has 1 unspecified atom stereocenters. The lowest BCUT2D eigenvalue weighted by Crippen LogP contribution is -2.20. The van der Waals surface area contributed by atoms with Crippen molar-refractivity contribution in [2.45, 2.75) is 5.75 Å². The van der Waals surface area contributed by atoms with Gasteiger partial charge >= 0.3 is 5.97 Å². The van der Waals surface area contributed by atoms with Crippen LogP contribution >= 0.6 is 11.3 Å². The van der Waals surface area contributed by atoms with Crippen molar-refractivity contribution < 1.29 is 18.9 Å². The molecule has 1 amide bonds. The van der Waals surface area contributed by atoms with Crippen LogP contribution in [0.1, 0.15) is 15.2 Å². The second kappa shape index (κ2) is 5.50. The number of benzene rings is 1. The molecule has 0 saturated carbocycles. The zero-order valence-corrected chi connectivity index (χ0v) is 11.4. The maximum atomic E-state index is 11.8. The molecule has 2 aromatic rings. The van der Waals surface area contributed by atoms with Crippen LogP contribution in [0.25, 0.3) is 10.1 Å². The van der Waals surface area contributed by atoms with E-state index in [1.807, 2.05) is 12.1 Å². The third-order valence-corrected chi connectivity index (χ3v) is 4.92. The summed E-state index contributed by atoms with van der Waals surface area (Å²) in [5.74, 6) is -1.94. The van der Waals surface area contributed by atoms with Crippen LogP contribution in [0.4, 0.5) is 0 Å². The Morgan fingerprint density at radius 1 is 1.32 bits per heavy atom. The largest absolute Gasteiger partial charge is 0.477 e. The summed E-state index contributed by atoms with van der Waals surface area (Å²) in [7, 11) is -1.49. The number of hydrogen-bond acceptors (Lipinski definition) is 4. The van der Waals surface area contributed by atoms with Crippen LogP contribution in [0.3, 0.4) is 0 Å². The fourth-order valence-corrected chi connectivity index (χ4v) is 3.98. The highest BCUT2D eigenvalue weighted by Gasteiger charge is 2.19. The minimum atomic E-state index is -1.49. The van der Waals surface area contributed by atoms with Crippen LogP contribution in [-0.4, -0.2) is 26.9 Å². The summed E-state index contributed by atoms with van der Waals surface area (Å²) in [6.45, 7) is 0. The van der Waals surface area contributed by atoms with E-state index in [1.165, 1.54) is 0 Å². The molecule has 7 heteroatoms. The Kier molecular flexibility index (Phi) is 3.96. The number of aromatic carboxylic acids is 1. The van der Waals surface area contributed by atoms with Gasteiger partial charge in [-0.15, -0.1) is 11.3 Å². The van der Waals surface area contributed by atoms with Gasteiger partial charge in [-0.1, -0.05) is 18.2 Å². The van der Waals surface area contributed by atoms with Gasteiger partial charge in [0.2, 0.25) is 5.91 Å². The molecule has 1 aromatic heterocycles. The molecule has 3 N–H and O–H groups in total. The van der Waals surface area contributed by atoms with Gasteiger partial charge < -0.3 is 10.8 Å². The molecule has 0 aliphatic rings. The molecule has 19 heavy (non-hydrogen) atoms. The van der Waals surface area contributed by atoms with E-state index >= 15 is 0 Å². The summed E-state index contributed by atoms with van der Waals surface area (Å²) in [4.78, 5) is 22.1. The van der Waals surface area contributed by atoms with Crippen LogP contribution in [0.2, 0.25) is 0 Å². The normalized spacial score (nSPS) is 12.4. The average Bonchev–Trinajstić information content (AvgIpc) is 2.67. The highest BCUT2D eigenvalue weighted by Crippen LogP contribution is 2.32. The molecule has 1 atom stereocenters. The van der Waals surface area contributed by atoms with Gasteiger partial charge in [0, 0.05) is 15.5 Å². The van der Waals surface area contributed by atoms with E-state index in [2.05, 4.69) is 0 Å². The van der Waals surface area contributed by atoms with Gasteiger partial charge in [-0.05, 0) is 17.0 Å². The number of carbonyl (C=O) groups excluding carboxylic acids is 1. The van der Waals surface area contributed by atoms with Gasteiger partial charge in [0.25, 0.3) is 0 Å². The van der Waals surface area contributed by atoms with Crippen molar-refractivity contribution in [3.63, 3.8) is 0 Å². The van der Waals surface area contributed by atoms with E-state index in [4.69, 9.17) is 5.73 Å². The number of carboxylic acid groups (broad SMARTS) is 1. The molecular weight excluding hydrogens is 286 g/mol. The standard InChI is InChI=1S/C12H11NO4S2/c13-10(14)6-19(17)5-8-7-3-1-2-4-9(7)18-11(8)12(15)16/h1-4H,5-6H2,(H2,13,14)(H,15,16). The number of fused-ring (bicyclic) bond motifs is 1. The number of nitrogens with two attached hydrogens (primary N) is 1. The van der Waals surface area contributed by atoms with Crippen molar-refractivity contribution in [2.24, 2.45) is 5.73 Å². The topological polar surface area (TPSA) is 97.5 Å². The summed E-state index contributed by atoms with van der Waals surface area (Å²) < 4.78 is 12.6. The first-order valence-corrected chi connectivity index (χ1v) is 7.66. The fraction of sp³-hybridized carbons (Fsp3) is 0.167. The Morgan fingerprint density at radius 2 is 2.00 bits per heavy atom. The Morgan fingerprint density at radius 3 is 2.63 bits per heavy atom. The van der Waals surface area contributed by atoms with Crippen molar-refractivity contribution >= 4 is 44.1 Å². The molecule has 0 aliphatic heterocycles. The second-order valence-corrected chi connectivity index (χ2v) is 6.42. The van der Waals surface area contributed by atoms with Gasteiger partial charge in [0.05, 0.1) is 5.75 Å². The Bertz CT molecular complexity index is 677. The van der Waals surface area contributed by atoms with Gasteiger partial charge in [0.15, 0.2) is 0 Å². The molecule has 0 bridgehead atoms. The number of carboxylic acids is 1. The van der Waals surface area contributed by atoms with Gasteiger partial charge in [0.1, 0.15) is 10.6 Å².